The summed E-state index contributed by atoms with van der Waals surface area (Å²) in [7, 11) is -3.77. The Bertz CT molecular complexity index is 808. The number of hydrogen-bond donors (Lipinski definition) is 2. The summed E-state index contributed by atoms with van der Waals surface area (Å²) in [6.45, 7) is 1.66. The molecule has 1 unspecified atom stereocenters. The van der Waals surface area contributed by atoms with E-state index in [-0.39, 0.29) is 16.6 Å². The minimum atomic E-state index is -3.77. The molecule has 0 saturated heterocycles. The Hall–Kier alpha value is -1.90. The molecule has 23 heavy (non-hydrogen) atoms. The zero-order chi connectivity index (χ0) is 17.0. The molecule has 0 aliphatic carbocycles. The number of amides is 1. The minimum absolute atomic E-state index is 0.0377. The van der Waals surface area contributed by atoms with Gasteiger partial charge in [0.15, 0.2) is 0 Å². The molecule has 8 heteroatoms. The van der Waals surface area contributed by atoms with Gasteiger partial charge in [-0.05, 0) is 43.3 Å². The molecule has 122 valence electrons. The monoisotopic (exact) mass is 354 g/mol. The lowest BCUT2D eigenvalue weighted by atomic mass is 10.3. The number of thioether (sulfide) groups is 1. The number of primary sulfonamides is 1. The fourth-order valence-electron chi connectivity index (χ4n) is 1.76. The molecule has 0 spiro atoms. The fourth-order valence-corrected chi connectivity index (χ4v) is 3.16. The highest BCUT2D eigenvalue weighted by Crippen LogP contribution is 2.26. The Morgan fingerprint density at radius 3 is 2.35 bits per heavy atom. The van der Waals surface area contributed by atoms with E-state index in [2.05, 4.69) is 5.32 Å². The highest BCUT2D eigenvalue weighted by Gasteiger charge is 2.16. The zero-order valence-electron chi connectivity index (χ0n) is 12.2. The summed E-state index contributed by atoms with van der Waals surface area (Å²) in [5, 5.41) is 7.12. The second-order valence-corrected chi connectivity index (χ2v) is 7.69. The minimum Gasteiger partial charge on any atom is -0.325 e. The molecule has 0 heterocycles. The van der Waals surface area contributed by atoms with E-state index < -0.39 is 15.3 Å². The van der Waals surface area contributed by atoms with E-state index in [9.17, 15) is 17.6 Å². The van der Waals surface area contributed by atoms with Gasteiger partial charge >= 0.3 is 0 Å². The van der Waals surface area contributed by atoms with Gasteiger partial charge in [0.2, 0.25) is 15.9 Å². The Morgan fingerprint density at radius 1 is 1.17 bits per heavy atom. The maximum absolute atomic E-state index is 13.6. The van der Waals surface area contributed by atoms with Crippen molar-refractivity contribution in [1.82, 2.24) is 0 Å². The quantitative estimate of drug-likeness (QED) is 0.808. The van der Waals surface area contributed by atoms with Gasteiger partial charge in [0.25, 0.3) is 0 Å². The van der Waals surface area contributed by atoms with Crippen LogP contribution >= 0.6 is 11.8 Å². The van der Waals surface area contributed by atoms with Gasteiger partial charge in [-0.3, -0.25) is 4.79 Å². The van der Waals surface area contributed by atoms with Crippen molar-refractivity contribution in [2.24, 2.45) is 5.14 Å². The molecule has 0 aromatic heterocycles. The third kappa shape index (κ3) is 4.78. The van der Waals surface area contributed by atoms with Crippen molar-refractivity contribution in [1.29, 1.82) is 0 Å². The number of halogens is 1. The molecule has 0 saturated carbocycles. The van der Waals surface area contributed by atoms with Crippen LogP contribution < -0.4 is 10.5 Å². The topological polar surface area (TPSA) is 89.3 Å². The standard InChI is InChI=1S/C15H15FN2O3S2/c1-10(22-14-5-3-2-4-13(14)16)15(19)18-11-6-8-12(9-7-11)23(17,20)21/h2-10H,1H3,(H,18,19)(H2,17,20,21). The molecule has 3 N–H and O–H groups in total. The SMILES string of the molecule is CC(Sc1ccccc1F)C(=O)Nc1ccc(S(N)(=O)=O)cc1. The molecule has 2 aromatic rings. The average Bonchev–Trinajstić information content (AvgIpc) is 2.49. The van der Waals surface area contributed by atoms with E-state index in [4.69, 9.17) is 5.14 Å². The van der Waals surface area contributed by atoms with Crippen LogP contribution in [0.2, 0.25) is 0 Å². The van der Waals surface area contributed by atoms with Crippen LogP contribution in [0.25, 0.3) is 0 Å². The van der Waals surface area contributed by atoms with Crippen molar-refractivity contribution in [3.63, 3.8) is 0 Å². The molecular weight excluding hydrogens is 339 g/mol. The van der Waals surface area contributed by atoms with Crippen LogP contribution in [-0.2, 0) is 14.8 Å². The van der Waals surface area contributed by atoms with Crippen LogP contribution in [-0.4, -0.2) is 19.6 Å². The van der Waals surface area contributed by atoms with Crippen LogP contribution in [0.4, 0.5) is 10.1 Å². The summed E-state index contributed by atoms with van der Waals surface area (Å²) in [6.07, 6.45) is 0. The number of nitrogens with two attached hydrogens (primary N) is 1. The Balaban J connectivity index is 2.02. The third-order valence-electron chi connectivity index (χ3n) is 2.96. The van der Waals surface area contributed by atoms with Gasteiger partial charge in [-0.1, -0.05) is 12.1 Å². The number of carbonyl (C=O) groups is 1. The van der Waals surface area contributed by atoms with Crippen molar-refractivity contribution < 1.29 is 17.6 Å². The third-order valence-corrected chi connectivity index (χ3v) is 5.04. The molecular formula is C15H15FN2O3S2. The summed E-state index contributed by atoms with van der Waals surface area (Å²) in [5.41, 5.74) is 0.434. The van der Waals surface area contributed by atoms with Crippen LogP contribution in [0.1, 0.15) is 6.92 Å². The first-order chi connectivity index (χ1) is 10.8. The lowest BCUT2D eigenvalue weighted by Gasteiger charge is -2.12. The van der Waals surface area contributed by atoms with E-state index in [1.54, 1.807) is 25.1 Å². The number of anilines is 1. The van der Waals surface area contributed by atoms with E-state index >= 15 is 0 Å². The zero-order valence-corrected chi connectivity index (χ0v) is 13.8. The predicted octanol–water partition coefficient (Wildman–Crippen LogP) is 2.59. The van der Waals surface area contributed by atoms with Crippen LogP contribution in [0.15, 0.2) is 58.3 Å². The fraction of sp³-hybridized carbons (Fsp3) is 0.133. The van der Waals surface area contributed by atoms with Gasteiger partial charge in [0, 0.05) is 10.6 Å². The summed E-state index contributed by atoms with van der Waals surface area (Å²) in [5.74, 6) is -0.698. The van der Waals surface area contributed by atoms with Gasteiger partial charge < -0.3 is 5.32 Å². The second-order valence-electron chi connectivity index (χ2n) is 4.75. The Morgan fingerprint density at radius 2 is 1.78 bits per heavy atom. The van der Waals surface area contributed by atoms with Crippen LogP contribution in [0.5, 0.6) is 0 Å². The molecule has 2 aromatic carbocycles. The van der Waals surface area contributed by atoms with Crippen LogP contribution in [0, 0.1) is 5.82 Å². The molecule has 1 amide bonds. The Labute approximate surface area is 138 Å². The molecule has 2 rings (SSSR count). The molecule has 0 bridgehead atoms. The summed E-state index contributed by atoms with van der Waals surface area (Å²) < 4.78 is 35.9. The largest absolute Gasteiger partial charge is 0.325 e. The summed E-state index contributed by atoms with van der Waals surface area (Å²) in [6, 6.07) is 11.7. The first-order valence-electron chi connectivity index (χ1n) is 6.62. The normalized spacial score (nSPS) is 12.7. The maximum atomic E-state index is 13.6. The van der Waals surface area contributed by atoms with Crippen molar-refractivity contribution in [3.05, 3.63) is 54.3 Å². The van der Waals surface area contributed by atoms with Gasteiger partial charge in [-0.2, -0.15) is 0 Å². The number of sulfonamides is 1. The van der Waals surface area contributed by atoms with Crippen molar-refractivity contribution in [2.45, 2.75) is 22.0 Å². The number of rotatable bonds is 5. The summed E-state index contributed by atoms with van der Waals surface area (Å²) in [4.78, 5) is 12.5. The number of benzene rings is 2. The Kier molecular flexibility index (Phi) is 5.40. The lowest BCUT2D eigenvalue weighted by Crippen LogP contribution is -2.22. The predicted molar refractivity (Wildman–Crippen MR) is 88.2 cm³/mol. The molecule has 0 aliphatic rings. The smallest absolute Gasteiger partial charge is 0.238 e. The molecule has 1 atom stereocenters. The molecule has 0 radical (unpaired) electrons. The number of carbonyl (C=O) groups excluding carboxylic acids is 1. The highest BCUT2D eigenvalue weighted by atomic mass is 32.2. The van der Waals surface area contributed by atoms with Gasteiger partial charge in [0.1, 0.15) is 5.82 Å². The van der Waals surface area contributed by atoms with Crippen LogP contribution in [0.3, 0.4) is 0 Å². The van der Waals surface area contributed by atoms with E-state index in [0.717, 1.165) is 11.8 Å². The van der Waals surface area contributed by atoms with Crippen molar-refractivity contribution in [2.75, 3.05) is 5.32 Å². The maximum Gasteiger partial charge on any atom is 0.238 e. The molecule has 0 aliphatic heterocycles. The number of nitrogens with one attached hydrogen (secondary N) is 1. The van der Waals surface area contributed by atoms with Gasteiger partial charge in [-0.25, -0.2) is 17.9 Å². The lowest BCUT2D eigenvalue weighted by molar-refractivity contribution is -0.115. The van der Waals surface area contributed by atoms with E-state index in [0.29, 0.717) is 10.6 Å². The average molecular weight is 354 g/mol. The highest BCUT2D eigenvalue weighted by molar-refractivity contribution is 8.00. The first kappa shape index (κ1) is 17.5. The summed E-state index contributed by atoms with van der Waals surface area (Å²) >= 11 is 1.10. The van der Waals surface area contributed by atoms with Gasteiger partial charge in [-0.15, -0.1) is 11.8 Å². The van der Waals surface area contributed by atoms with Gasteiger partial charge in [0.05, 0.1) is 10.1 Å². The van der Waals surface area contributed by atoms with Crippen molar-refractivity contribution in [3.8, 4) is 0 Å². The first-order valence-corrected chi connectivity index (χ1v) is 9.05. The molecule has 5 nitrogen and oxygen atoms in total. The van der Waals surface area contributed by atoms with E-state index in [1.165, 1.54) is 30.3 Å². The second kappa shape index (κ2) is 7.12. The van der Waals surface area contributed by atoms with E-state index in [1.807, 2.05) is 0 Å². The van der Waals surface area contributed by atoms with Crippen molar-refractivity contribution >= 4 is 33.4 Å². The molecule has 0 fully saturated rings. The number of hydrogen-bond acceptors (Lipinski definition) is 4.